The molecule has 0 aliphatic carbocycles. The molecule has 1 aliphatic rings. The van der Waals surface area contributed by atoms with Gasteiger partial charge in [-0.1, -0.05) is 0 Å². The average molecular weight is 462 g/mol. The van der Waals surface area contributed by atoms with Crippen molar-refractivity contribution in [3.05, 3.63) is 0 Å². The molecular formula is C6H18B3Cl6N3Si3. The summed E-state index contributed by atoms with van der Waals surface area (Å²) in [6.45, 7) is -1.01. The van der Waals surface area contributed by atoms with Gasteiger partial charge in [0.2, 0.25) is 20.1 Å². The van der Waals surface area contributed by atoms with E-state index in [-0.39, 0.29) is 20.9 Å². The highest BCUT2D eigenvalue weighted by Gasteiger charge is 2.43. The van der Waals surface area contributed by atoms with E-state index in [1.54, 1.807) is 0 Å². The summed E-state index contributed by atoms with van der Waals surface area (Å²) >= 11 is 37.5. The Morgan fingerprint density at radius 2 is 0.762 bits per heavy atom. The van der Waals surface area contributed by atoms with Crippen LogP contribution in [0.4, 0.5) is 0 Å². The van der Waals surface area contributed by atoms with E-state index < -0.39 is 20.1 Å². The molecule has 120 valence electrons. The van der Waals surface area contributed by atoms with E-state index in [1.165, 1.54) is 0 Å². The van der Waals surface area contributed by atoms with Crippen LogP contribution in [-0.2, 0) is 0 Å². The van der Waals surface area contributed by atoms with Crippen LogP contribution in [0.3, 0.4) is 0 Å². The zero-order chi connectivity index (χ0) is 16.5. The molecule has 0 unspecified atom stereocenters. The normalized spacial score (nSPS) is 18.4. The number of hydrogen-bond acceptors (Lipinski definition) is 3. The third-order valence-electron chi connectivity index (χ3n) is 2.89. The summed E-state index contributed by atoms with van der Waals surface area (Å²) in [4.78, 5) is 0. The number of halogens is 6. The summed E-state index contributed by atoms with van der Waals surface area (Å²) in [5.41, 5.74) is 0. The van der Waals surface area contributed by atoms with E-state index in [0.29, 0.717) is 17.8 Å². The Hall–Kier alpha value is 2.47. The van der Waals surface area contributed by atoms with Crippen LogP contribution in [0.1, 0.15) is 0 Å². The SMILES string of the molecule is C[Si](Cl)(Cl)CB1NB(C[Si](C)(Cl)Cl)NB(C[Si](C)(Cl)Cl)N1. The minimum atomic E-state index is -2.24. The van der Waals surface area contributed by atoms with Crippen LogP contribution in [0.25, 0.3) is 0 Å². The van der Waals surface area contributed by atoms with Gasteiger partial charge in [0.05, 0.1) is 0 Å². The first-order valence-electron chi connectivity index (χ1n) is 6.65. The van der Waals surface area contributed by atoms with Crippen molar-refractivity contribution in [2.45, 2.75) is 37.5 Å². The smallest absolute Gasteiger partial charge is 0.284 e. The molecule has 1 heterocycles. The second-order valence-corrected chi connectivity index (χ2v) is 30.4. The lowest BCUT2D eigenvalue weighted by molar-refractivity contribution is 1.13. The fraction of sp³-hybridized carbons (Fsp3) is 1.00. The van der Waals surface area contributed by atoms with E-state index in [9.17, 15) is 0 Å². The highest BCUT2D eigenvalue weighted by Crippen LogP contribution is 2.25. The van der Waals surface area contributed by atoms with Gasteiger partial charge in [-0.2, -0.15) is 0 Å². The molecule has 0 atom stereocenters. The average Bonchev–Trinajstić information content (AvgIpc) is 2.06. The first-order valence-corrected chi connectivity index (χ1v) is 20.8. The van der Waals surface area contributed by atoms with Gasteiger partial charge < -0.3 is 15.4 Å². The zero-order valence-electron chi connectivity index (χ0n) is 12.1. The van der Waals surface area contributed by atoms with Crippen molar-refractivity contribution in [1.29, 1.82) is 0 Å². The molecule has 1 saturated heterocycles. The van der Waals surface area contributed by atoms with Crippen LogP contribution in [0, 0.1) is 0 Å². The van der Waals surface area contributed by atoms with Gasteiger partial charge in [-0.05, 0) is 37.5 Å². The Balaban J connectivity index is 2.73. The van der Waals surface area contributed by atoms with Gasteiger partial charge >= 0.3 is 0 Å². The molecule has 0 radical (unpaired) electrons. The lowest BCUT2D eigenvalue weighted by atomic mass is 9.51. The third-order valence-corrected chi connectivity index (χ3v) is 9.05. The fourth-order valence-electron chi connectivity index (χ4n) is 2.30. The molecular weight excluding hydrogens is 443 g/mol. The van der Waals surface area contributed by atoms with Crippen LogP contribution in [0.15, 0.2) is 0 Å². The van der Waals surface area contributed by atoms with Crippen LogP contribution in [0.5, 0.6) is 0 Å². The van der Waals surface area contributed by atoms with Gasteiger partial charge in [0.1, 0.15) is 0 Å². The molecule has 15 heteroatoms. The van der Waals surface area contributed by atoms with E-state index in [0.717, 1.165) is 0 Å². The van der Waals surface area contributed by atoms with Crippen molar-refractivity contribution < 1.29 is 0 Å². The minimum Gasteiger partial charge on any atom is -0.372 e. The first-order chi connectivity index (χ1) is 9.23. The molecule has 1 rings (SSSR count). The highest BCUT2D eigenvalue weighted by atomic mass is 35.7. The quantitative estimate of drug-likeness (QED) is 0.419. The van der Waals surface area contributed by atoms with Crippen molar-refractivity contribution in [1.82, 2.24) is 15.4 Å². The molecule has 1 fully saturated rings. The Kier molecular flexibility index (Phi) is 8.43. The second kappa shape index (κ2) is 8.23. The number of hydrogen-bond donors (Lipinski definition) is 3. The van der Waals surface area contributed by atoms with Crippen molar-refractivity contribution in [2.75, 3.05) is 0 Å². The Labute approximate surface area is 159 Å². The molecule has 0 aromatic rings. The van der Waals surface area contributed by atoms with Crippen molar-refractivity contribution in [2.24, 2.45) is 0 Å². The molecule has 1 aliphatic heterocycles. The second-order valence-electron chi connectivity index (χ2n) is 5.98. The van der Waals surface area contributed by atoms with Crippen LogP contribution in [-0.4, -0.2) is 41.0 Å². The predicted molar refractivity (Wildman–Crippen MR) is 111 cm³/mol. The van der Waals surface area contributed by atoms with Gasteiger partial charge in [0.15, 0.2) is 0 Å². The molecule has 0 bridgehead atoms. The predicted octanol–water partition coefficient (Wildman–Crippen LogP) is 3.50. The van der Waals surface area contributed by atoms with Crippen LogP contribution >= 0.6 is 66.5 Å². The maximum absolute atomic E-state index is 6.25. The molecule has 0 amide bonds. The Morgan fingerprint density at radius 1 is 0.571 bits per heavy atom. The molecule has 0 saturated carbocycles. The van der Waals surface area contributed by atoms with Crippen molar-refractivity contribution in [3.8, 4) is 0 Å². The minimum absolute atomic E-state index is 0.00211. The molecule has 3 nitrogen and oxygen atoms in total. The Bertz CT molecular complexity index is 293. The largest absolute Gasteiger partial charge is 0.372 e. The summed E-state index contributed by atoms with van der Waals surface area (Å²) in [5, 5.41) is 10.3. The van der Waals surface area contributed by atoms with Crippen LogP contribution in [0.2, 0.25) is 37.5 Å². The Morgan fingerprint density at radius 3 is 0.905 bits per heavy atom. The summed E-state index contributed by atoms with van der Waals surface area (Å²) < 4.78 is 0. The summed E-state index contributed by atoms with van der Waals surface area (Å²) in [6, 6.07) is 0. The maximum atomic E-state index is 6.25. The standard InChI is InChI=1S/C6H18B3Cl6N3Si3/c1-19(10,11)4-7-16-8(5-20(2,12)13)18-9(17-7)6-21(3,14)15/h16-18H,4-6H2,1-3H3. The van der Waals surface area contributed by atoms with Gasteiger partial charge in [0.25, 0.3) is 20.9 Å². The lowest BCUT2D eigenvalue weighted by Crippen LogP contribution is -2.76. The summed E-state index contributed by atoms with van der Waals surface area (Å²) in [7, 11) is 0. The molecule has 21 heavy (non-hydrogen) atoms. The van der Waals surface area contributed by atoms with Crippen molar-refractivity contribution >= 4 is 108 Å². The number of rotatable bonds is 6. The highest BCUT2D eigenvalue weighted by molar-refractivity contribution is 7.48. The van der Waals surface area contributed by atoms with E-state index in [1.807, 2.05) is 19.6 Å². The topological polar surface area (TPSA) is 36.1 Å². The van der Waals surface area contributed by atoms with E-state index in [4.69, 9.17) is 66.5 Å². The fourth-order valence-corrected chi connectivity index (χ4v) is 7.94. The maximum Gasteiger partial charge on any atom is 0.284 e. The number of nitrogens with one attached hydrogen (secondary N) is 3. The first kappa shape index (κ1) is 21.5. The zero-order valence-corrected chi connectivity index (χ0v) is 19.7. The van der Waals surface area contributed by atoms with E-state index in [2.05, 4.69) is 15.4 Å². The van der Waals surface area contributed by atoms with Gasteiger partial charge in [-0.3, -0.25) is 0 Å². The van der Waals surface area contributed by atoms with Crippen molar-refractivity contribution in [3.63, 3.8) is 0 Å². The van der Waals surface area contributed by atoms with Gasteiger partial charge in [-0.15, -0.1) is 66.5 Å². The van der Waals surface area contributed by atoms with Gasteiger partial charge in [-0.25, -0.2) is 0 Å². The summed E-state index contributed by atoms with van der Waals surface area (Å²) in [5.74, 6) is 2.03. The summed E-state index contributed by atoms with van der Waals surface area (Å²) in [6.07, 6.45) is 0. The third kappa shape index (κ3) is 10.8. The van der Waals surface area contributed by atoms with Crippen LogP contribution < -0.4 is 15.4 Å². The lowest BCUT2D eigenvalue weighted by Gasteiger charge is -2.36. The van der Waals surface area contributed by atoms with Gasteiger partial charge in [0, 0.05) is 0 Å². The van der Waals surface area contributed by atoms with E-state index >= 15 is 0 Å². The molecule has 0 spiro atoms. The molecule has 0 aromatic carbocycles. The monoisotopic (exact) mass is 459 g/mol. The molecule has 3 N–H and O–H groups in total. The molecule has 0 aromatic heterocycles.